The quantitative estimate of drug-likeness (QED) is 0.580. The van der Waals surface area contributed by atoms with Crippen molar-refractivity contribution in [1.29, 1.82) is 0 Å². The number of allylic oxidation sites excluding steroid dienone is 1. The Labute approximate surface area is 68.2 Å². The molecular formula is C9H16O2. The van der Waals surface area contributed by atoms with Crippen LogP contribution in [0, 0.1) is 5.92 Å². The van der Waals surface area contributed by atoms with Gasteiger partial charge in [0, 0.05) is 7.11 Å². The predicted octanol–water partition coefficient (Wildman–Crippen LogP) is 1.80. The maximum absolute atomic E-state index is 10.7. The van der Waals surface area contributed by atoms with E-state index in [2.05, 4.69) is 0 Å². The lowest BCUT2D eigenvalue weighted by Crippen LogP contribution is -2.03. The van der Waals surface area contributed by atoms with E-state index in [4.69, 9.17) is 4.74 Å². The van der Waals surface area contributed by atoms with Crippen LogP contribution in [-0.4, -0.2) is 19.5 Å². The van der Waals surface area contributed by atoms with Crippen LogP contribution in [0.1, 0.15) is 20.8 Å². The summed E-state index contributed by atoms with van der Waals surface area (Å²) >= 11 is 0. The minimum atomic E-state index is 0.0887. The summed E-state index contributed by atoms with van der Waals surface area (Å²) in [6, 6.07) is 0. The highest BCUT2D eigenvalue weighted by Gasteiger charge is 2.02. The molecule has 64 valence electrons. The van der Waals surface area contributed by atoms with Gasteiger partial charge in [-0.15, -0.1) is 0 Å². The van der Waals surface area contributed by atoms with Crippen LogP contribution in [0.5, 0.6) is 0 Å². The number of hydrogen-bond donors (Lipinski definition) is 0. The van der Waals surface area contributed by atoms with Crippen LogP contribution in [0.4, 0.5) is 0 Å². The van der Waals surface area contributed by atoms with Crippen molar-refractivity contribution in [3.63, 3.8) is 0 Å². The minimum absolute atomic E-state index is 0.0887. The van der Waals surface area contributed by atoms with E-state index >= 15 is 0 Å². The second-order valence-corrected chi connectivity index (χ2v) is 2.92. The summed E-state index contributed by atoms with van der Waals surface area (Å²) in [5, 5.41) is 0. The van der Waals surface area contributed by atoms with Crippen molar-refractivity contribution >= 4 is 5.78 Å². The van der Waals surface area contributed by atoms with Crippen molar-refractivity contribution in [2.75, 3.05) is 13.7 Å². The van der Waals surface area contributed by atoms with Gasteiger partial charge in [-0.05, 0) is 24.5 Å². The van der Waals surface area contributed by atoms with E-state index in [0.717, 1.165) is 5.57 Å². The van der Waals surface area contributed by atoms with Gasteiger partial charge in [-0.1, -0.05) is 13.8 Å². The average molecular weight is 156 g/mol. The third-order valence-electron chi connectivity index (χ3n) is 1.44. The van der Waals surface area contributed by atoms with Gasteiger partial charge in [0.05, 0.1) is 6.61 Å². The SMILES string of the molecule is COCC(=CC(C)=O)C(C)C. The molecule has 0 spiro atoms. The van der Waals surface area contributed by atoms with Crippen LogP contribution in [0.25, 0.3) is 0 Å². The van der Waals surface area contributed by atoms with Crippen LogP contribution in [0.3, 0.4) is 0 Å². The molecule has 0 N–H and O–H groups in total. The van der Waals surface area contributed by atoms with Crippen molar-refractivity contribution in [2.24, 2.45) is 5.92 Å². The number of carbonyl (C=O) groups is 1. The average Bonchev–Trinajstić information content (AvgIpc) is 1.86. The van der Waals surface area contributed by atoms with Crippen molar-refractivity contribution in [3.8, 4) is 0 Å². The third-order valence-corrected chi connectivity index (χ3v) is 1.44. The fourth-order valence-electron chi connectivity index (χ4n) is 0.803. The monoisotopic (exact) mass is 156 g/mol. The van der Waals surface area contributed by atoms with E-state index in [1.165, 1.54) is 0 Å². The molecule has 11 heavy (non-hydrogen) atoms. The van der Waals surface area contributed by atoms with Crippen molar-refractivity contribution in [2.45, 2.75) is 20.8 Å². The van der Waals surface area contributed by atoms with Gasteiger partial charge in [-0.3, -0.25) is 4.79 Å². The maximum atomic E-state index is 10.7. The van der Waals surface area contributed by atoms with Gasteiger partial charge in [0.25, 0.3) is 0 Å². The van der Waals surface area contributed by atoms with Crippen LogP contribution >= 0.6 is 0 Å². The lowest BCUT2D eigenvalue weighted by molar-refractivity contribution is -0.112. The van der Waals surface area contributed by atoms with Crippen LogP contribution in [0.15, 0.2) is 11.6 Å². The van der Waals surface area contributed by atoms with Gasteiger partial charge in [0.15, 0.2) is 5.78 Å². The van der Waals surface area contributed by atoms with E-state index in [0.29, 0.717) is 12.5 Å². The molecule has 0 bridgehead atoms. The minimum Gasteiger partial charge on any atom is -0.380 e. The van der Waals surface area contributed by atoms with Gasteiger partial charge in [-0.2, -0.15) is 0 Å². The van der Waals surface area contributed by atoms with Crippen LogP contribution < -0.4 is 0 Å². The zero-order valence-electron chi connectivity index (χ0n) is 7.68. The smallest absolute Gasteiger partial charge is 0.152 e. The highest BCUT2D eigenvalue weighted by atomic mass is 16.5. The normalized spacial score (nSPS) is 12.3. The summed E-state index contributed by atoms with van der Waals surface area (Å²) < 4.78 is 4.95. The molecule has 0 aromatic heterocycles. The molecule has 0 saturated heterocycles. The summed E-state index contributed by atoms with van der Waals surface area (Å²) in [5.41, 5.74) is 1.06. The van der Waals surface area contributed by atoms with Gasteiger partial charge < -0.3 is 4.74 Å². The molecule has 0 amide bonds. The second kappa shape index (κ2) is 5.08. The fourth-order valence-corrected chi connectivity index (χ4v) is 0.803. The van der Waals surface area contributed by atoms with E-state index in [1.807, 2.05) is 13.8 Å². The molecule has 0 radical (unpaired) electrons. The molecule has 0 saturated carbocycles. The molecule has 0 unspecified atom stereocenters. The second-order valence-electron chi connectivity index (χ2n) is 2.92. The highest BCUT2D eigenvalue weighted by Crippen LogP contribution is 2.09. The summed E-state index contributed by atoms with van der Waals surface area (Å²) in [7, 11) is 1.64. The van der Waals surface area contributed by atoms with E-state index < -0.39 is 0 Å². The van der Waals surface area contributed by atoms with Crippen LogP contribution in [0.2, 0.25) is 0 Å². The van der Waals surface area contributed by atoms with Gasteiger partial charge in [0.1, 0.15) is 0 Å². The number of carbonyl (C=O) groups excluding carboxylic acids is 1. The number of ether oxygens (including phenoxy) is 1. The van der Waals surface area contributed by atoms with Gasteiger partial charge in [0.2, 0.25) is 0 Å². The fraction of sp³-hybridized carbons (Fsp3) is 0.667. The molecule has 0 heterocycles. The first-order chi connectivity index (χ1) is 5.07. The first-order valence-electron chi connectivity index (χ1n) is 3.78. The number of rotatable bonds is 4. The lowest BCUT2D eigenvalue weighted by atomic mass is 10.0. The highest BCUT2D eigenvalue weighted by molar-refractivity contribution is 5.88. The number of methoxy groups -OCH3 is 1. The molecule has 0 atom stereocenters. The van der Waals surface area contributed by atoms with E-state index in [1.54, 1.807) is 20.1 Å². The molecule has 0 aliphatic carbocycles. The Morgan fingerprint density at radius 2 is 2.09 bits per heavy atom. The predicted molar refractivity (Wildman–Crippen MR) is 45.5 cm³/mol. The molecule has 0 aromatic carbocycles. The number of ketones is 1. The standard InChI is InChI=1S/C9H16O2/c1-7(2)9(6-11-4)5-8(3)10/h5,7H,6H2,1-4H3. The van der Waals surface area contributed by atoms with Gasteiger partial charge in [-0.25, -0.2) is 0 Å². The molecule has 2 heteroatoms. The maximum Gasteiger partial charge on any atom is 0.152 e. The zero-order chi connectivity index (χ0) is 8.85. The molecule has 0 rings (SSSR count). The van der Waals surface area contributed by atoms with Crippen molar-refractivity contribution < 1.29 is 9.53 Å². The molecule has 0 aromatic rings. The molecule has 2 nitrogen and oxygen atoms in total. The summed E-state index contributed by atoms with van der Waals surface area (Å²) in [6.07, 6.45) is 1.65. The summed E-state index contributed by atoms with van der Waals surface area (Å²) in [6.45, 7) is 6.21. The third kappa shape index (κ3) is 4.73. The molecule has 0 fully saturated rings. The zero-order valence-corrected chi connectivity index (χ0v) is 7.68. The lowest BCUT2D eigenvalue weighted by Gasteiger charge is -2.08. The Morgan fingerprint density at radius 1 is 1.55 bits per heavy atom. The molecule has 0 aliphatic rings. The Kier molecular flexibility index (Phi) is 4.79. The largest absolute Gasteiger partial charge is 0.380 e. The van der Waals surface area contributed by atoms with Gasteiger partial charge >= 0.3 is 0 Å². The Bertz CT molecular complexity index is 157. The Hall–Kier alpha value is -0.630. The first-order valence-corrected chi connectivity index (χ1v) is 3.78. The summed E-state index contributed by atoms with van der Waals surface area (Å²) in [5.74, 6) is 0.476. The molecular weight excluding hydrogens is 140 g/mol. The van der Waals surface area contributed by atoms with E-state index in [-0.39, 0.29) is 5.78 Å². The van der Waals surface area contributed by atoms with Crippen molar-refractivity contribution in [3.05, 3.63) is 11.6 Å². The Morgan fingerprint density at radius 3 is 2.36 bits per heavy atom. The van der Waals surface area contributed by atoms with Crippen LogP contribution in [-0.2, 0) is 9.53 Å². The summed E-state index contributed by atoms with van der Waals surface area (Å²) in [4.78, 5) is 10.7. The first kappa shape index (κ1) is 10.4. The van der Waals surface area contributed by atoms with Crippen molar-refractivity contribution in [1.82, 2.24) is 0 Å². The Balaban J connectivity index is 4.20. The molecule has 0 aliphatic heterocycles. The topological polar surface area (TPSA) is 26.3 Å². The van der Waals surface area contributed by atoms with E-state index in [9.17, 15) is 4.79 Å². The number of hydrogen-bond acceptors (Lipinski definition) is 2.